The molecule has 2 aromatic rings. The fraction of sp³-hybridized carbons (Fsp3) is 0.600. The topological polar surface area (TPSA) is 0 Å². The third kappa shape index (κ3) is 5.77. The Balaban J connectivity index is 2.14. The summed E-state index contributed by atoms with van der Waals surface area (Å²) < 4.78 is 0. The molecule has 166 valence electrons. The smallest absolute Gasteiger partial charge is 0.00777 e. The minimum absolute atomic E-state index is 0.314. The summed E-state index contributed by atoms with van der Waals surface area (Å²) in [5, 5.41) is 0. The van der Waals surface area contributed by atoms with Crippen LogP contribution in [0.5, 0.6) is 0 Å². The SMILES string of the molecule is CCc1ccc(CC)c(CCCCc2cc(CC)c(C(C)(CC)CC)cc2CC)c1. The van der Waals surface area contributed by atoms with Crippen LogP contribution in [0.3, 0.4) is 0 Å². The van der Waals surface area contributed by atoms with Gasteiger partial charge in [-0.15, -0.1) is 0 Å². The van der Waals surface area contributed by atoms with E-state index in [4.69, 9.17) is 0 Å². The molecule has 0 spiro atoms. The van der Waals surface area contributed by atoms with Gasteiger partial charge in [0.15, 0.2) is 0 Å². The van der Waals surface area contributed by atoms with E-state index in [2.05, 4.69) is 78.8 Å². The van der Waals surface area contributed by atoms with Crippen LogP contribution in [-0.4, -0.2) is 0 Å². The van der Waals surface area contributed by atoms with E-state index in [0.717, 1.165) is 25.7 Å². The van der Waals surface area contributed by atoms with Crippen LogP contribution in [0.15, 0.2) is 30.3 Å². The molecule has 0 bridgehead atoms. The van der Waals surface area contributed by atoms with E-state index in [0.29, 0.717) is 5.41 Å². The summed E-state index contributed by atoms with van der Waals surface area (Å²) in [7, 11) is 0. The quantitative estimate of drug-likeness (QED) is 0.310. The van der Waals surface area contributed by atoms with Crippen molar-refractivity contribution in [3.05, 3.63) is 69.3 Å². The van der Waals surface area contributed by atoms with Gasteiger partial charge >= 0.3 is 0 Å². The lowest BCUT2D eigenvalue weighted by atomic mass is 9.74. The molecule has 2 rings (SSSR count). The highest BCUT2D eigenvalue weighted by atomic mass is 14.3. The Labute approximate surface area is 187 Å². The predicted molar refractivity (Wildman–Crippen MR) is 135 cm³/mol. The highest BCUT2D eigenvalue weighted by Gasteiger charge is 2.25. The van der Waals surface area contributed by atoms with E-state index in [-0.39, 0.29) is 0 Å². The lowest BCUT2D eigenvalue weighted by Crippen LogP contribution is -2.22. The zero-order chi connectivity index (χ0) is 22.1. The molecule has 0 nitrogen and oxygen atoms in total. The third-order valence-corrected chi connectivity index (χ3v) is 7.60. The predicted octanol–water partition coefficient (Wildman–Crippen LogP) is 8.58. The minimum atomic E-state index is 0.314. The zero-order valence-electron chi connectivity index (χ0n) is 21.0. The Bertz CT molecular complexity index is 792. The van der Waals surface area contributed by atoms with Crippen molar-refractivity contribution in [3.63, 3.8) is 0 Å². The Morgan fingerprint density at radius 3 is 1.63 bits per heavy atom. The van der Waals surface area contributed by atoms with Crippen molar-refractivity contribution in [2.24, 2.45) is 0 Å². The van der Waals surface area contributed by atoms with E-state index in [1.54, 1.807) is 27.8 Å². The van der Waals surface area contributed by atoms with Crippen LogP contribution in [0, 0.1) is 0 Å². The molecule has 0 aliphatic heterocycles. The zero-order valence-corrected chi connectivity index (χ0v) is 21.0. The lowest BCUT2D eigenvalue weighted by Gasteiger charge is -2.31. The van der Waals surface area contributed by atoms with Gasteiger partial charge in [0.25, 0.3) is 0 Å². The summed E-state index contributed by atoms with van der Waals surface area (Å²) >= 11 is 0. The molecule has 0 N–H and O–H groups in total. The monoisotopic (exact) mass is 406 g/mol. The van der Waals surface area contributed by atoms with E-state index < -0.39 is 0 Å². The number of unbranched alkanes of at least 4 members (excludes halogenated alkanes) is 1. The van der Waals surface area contributed by atoms with Gasteiger partial charge in [-0.05, 0) is 109 Å². The minimum Gasteiger partial charge on any atom is -0.0645 e. The molecule has 0 aliphatic rings. The van der Waals surface area contributed by atoms with Gasteiger partial charge < -0.3 is 0 Å². The van der Waals surface area contributed by atoms with Crippen molar-refractivity contribution >= 4 is 0 Å². The van der Waals surface area contributed by atoms with Crippen LogP contribution in [0.2, 0.25) is 0 Å². The van der Waals surface area contributed by atoms with Gasteiger partial charge in [0, 0.05) is 0 Å². The maximum absolute atomic E-state index is 2.57. The van der Waals surface area contributed by atoms with Crippen molar-refractivity contribution in [1.29, 1.82) is 0 Å². The molecule has 2 aromatic carbocycles. The van der Waals surface area contributed by atoms with Crippen LogP contribution in [0.1, 0.15) is 113 Å². The molecule has 30 heavy (non-hydrogen) atoms. The number of hydrogen-bond acceptors (Lipinski definition) is 0. The van der Waals surface area contributed by atoms with Crippen molar-refractivity contribution in [2.45, 2.75) is 118 Å². The number of benzene rings is 2. The van der Waals surface area contributed by atoms with E-state index in [1.807, 2.05) is 0 Å². The van der Waals surface area contributed by atoms with Gasteiger partial charge in [-0.1, -0.05) is 78.8 Å². The molecule has 0 saturated heterocycles. The molecule has 0 fully saturated rings. The molecule has 0 aromatic heterocycles. The first kappa shape index (κ1) is 24.7. The van der Waals surface area contributed by atoms with Crippen LogP contribution in [0.25, 0.3) is 0 Å². The molecule has 0 saturated carbocycles. The van der Waals surface area contributed by atoms with E-state index in [9.17, 15) is 0 Å². The Morgan fingerprint density at radius 1 is 0.567 bits per heavy atom. The molecular weight excluding hydrogens is 360 g/mol. The molecular formula is C30H46. The normalized spacial score (nSPS) is 11.8. The van der Waals surface area contributed by atoms with Gasteiger partial charge in [-0.2, -0.15) is 0 Å². The van der Waals surface area contributed by atoms with Crippen molar-refractivity contribution in [2.75, 3.05) is 0 Å². The van der Waals surface area contributed by atoms with Crippen molar-refractivity contribution in [1.82, 2.24) is 0 Å². The third-order valence-electron chi connectivity index (χ3n) is 7.60. The molecule has 0 radical (unpaired) electrons. The Kier molecular flexibility index (Phi) is 9.66. The van der Waals surface area contributed by atoms with Gasteiger partial charge in [0.2, 0.25) is 0 Å². The Hall–Kier alpha value is -1.56. The lowest BCUT2D eigenvalue weighted by molar-refractivity contribution is 0.435. The number of aryl methyl sites for hydroxylation is 6. The summed E-state index contributed by atoms with van der Waals surface area (Å²) in [4.78, 5) is 0. The second kappa shape index (κ2) is 11.7. The second-order valence-electron chi connectivity index (χ2n) is 9.27. The van der Waals surface area contributed by atoms with Crippen LogP contribution >= 0.6 is 0 Å². The van der Waals surface area contributed by atoms with E-state index >= 15 is 0 Å². The molecule has 0 unspecified atom stereocenters. The summed E-state index contributed by atoms with van der Waals surface area (Å²) in [5.41, 5.74) is 11.3. The first-order valence-corrected chi connectivity index (χ1v) is 12.7. The average Bonchev–Trinajstić information content (AvgIpc) is 2.80. The first-order chi connectivity index (χ1) is 14.5. The average molecular weight is 407 g/mol. The van der Waals surface area contributed by atoms with Crippen LogP contribution < -0.4 is 0 Å². The Morgan fingerprint density at radius 2 is 1.13 bits per heavy atom. The van der Waals surface area contributed by atoms with E-state index in [1.165, 1.54) is 49.7 Å². The highest BCUT2D eigenvalue weighted by Crippen LogP contribution is 2.36. The molecule has 0 amide bonds. The summed E-state index contributed by atoms with van der Waals surface area (Å²) in [6.45, 7) is 16.3. The van der Waals surface area contributed by atoms with Gasteiger partial charge in [0.05, 0.1) is 0 Å². The van der Waals surface area contributed by atoms with Crippen LogP contribution in [0.4, 0.5) is 0 Å². The largest absolute Gasteiger partial charge is 0.0645 e. The summed E-state index contributed by atoms with van der Waals surface area (Å²) in [6, 6.07) is 12.3. The summed E-state index contributed by atoms with van der Waals surface area (Å²) in [6.07, 6.45) is 12.0. The fourth-order valence-corrected chi connectivity index (χ4v) is 4.90. The standard InChI is InChI=1S/C30H46/c1-8-23-18-19-24(9-2)27(20-23)16-14-15-17-28-21-26(11-4)29(22-25(28)10-3)30(7,12-5)13-6/h18-22H,8-17H2,1-7H3. The maximum atomic E-state index is 2.57. The maximum Gasteiger partial charge on any atom is -0.00777 e. The van der Waals surface area contributed by atoms with Crippen molar-refractivity contribution < 1.29 is 0 Å². The molecule has 0 aliphatic carbocycles. The number of hydrogen-bond donors (Lipinski definition) is 0. The van der Waals surface area contributed by atoms with Crippen molar-refractivity contribution in [3.8, 4) is 0 Å². The van der Waals surface area contributed by atoms with Crippen LogP contribution in [-0.2, 0) is 43.9 Å². The first-order valence-electron chi connectivity index (χ1n) is 12.7. The highest BCUT2D eigenvalue weighted by molar-refractivity contribution is 5.43. The van der Waals surface area contributed by atoms with Gasteiger partial charge in [-0.3, -0.25) is 0 Å². The van der Waals surface area contributed by atoms with Gasteiger partial charge in [0.1, 0.15) is 0 Å². The molecule has 0 heterocycles. The fourth-order valence-electron chi connectivity index (χ4n) is 4.90. The summed E-state index contributed by atoms with van der Waals surface area (Å²) in [5.74, 6) is 0. The molecule has 0 heteroatoms. The molecule has 0 atom stereocenters. The van der Waals surface area contributed by atoms with Gasteiger partial charge in [-0.25, -0.2) is 0 Å². The number of rotatable bonds is 12. The second-order valence-corrected chi connectivity index (χ2v) is 9.27.